The molecule has 0 spiro atoms. The first kappa shape index (κ1) is 14.7. The van der Waals surface area contributed by atoms with E-state index in [1.807, 2.05) is 12.2 Å². The van der Waals surface area contributed by atoms with E-state index in [1.165, 1.54) is 0 Å². The van der Waals surface area contributed by atoms with Crippen molar-refractivity contribution in [2.45, 2.75) is 18.0 Å². The fourth-order valence-corrected chi connectivity index (χ4v) is 2.07. The first-order chi connectivity index (χ1) is 8.28. The summed E-state index contributed by atoms with van der Waals surface area (Å²) < 4.78 is 35.6. The van der Waals surface area contributed by atoms with Crippen molar-refractivity contribution < 1.29 is 18.0 Å². The Morgan fingerprint density at radius 3 is 2.72 bits per heavy atom. The van der Waals surface area contributed by atoms with Crippen LogP contribution in [0.15, 0.2) is 23.1 Å². The summed E-state index contributed by atoms with van der Waals surface area (Å²) in [6.07, 6.45) is -4.38. The van der Waals surface area contributed by atoms with E-state index in [1.54, 1.807) is 18.2 Å². The Hall–Kier alpha value is -1.37. The number of anilines is 1. The second kappa shape index (κ2) is 5.99. The summed E-state index contributed by atoms with van der Waals surface area (Å²) in [6, 6.07) is 5.21. The van der Waals surface area contributed by atoms with Crippen molar-refractivity contribution in [1.82, 2.24) is 5.32 Å². The third kappa shape index (κ3) is 5.31. The van der Waals surface area contributed by atoms with E-state index < -0.39 is 18.6 Å². The van der Waals surface area contributed by atoms with Gasteiger partial charge in [-0.05, 0) is 24.6 Å². The zero-order valence-electron chi connectivity index (χ0n) is 9.67. The largest absolute Gasteiger partial charge is 0.405 e. The van der Waals surface area contributed by atoms with Gasteiger partial charge < -0.3 is 11.1 Å². The summed E-state index contributed by atoms with van der Waals surface area (Å²) in [7, 11) is 0. The molecule has 3 nitrogen and oxygen atoms in total. The summed E-state index contributed by atoms with van der Waals surface area (Å²) in [4.78, 5) is 12.0. The Bertz CT molecular complexity index is 435. The molecule has 1 aromatic carbocycles. The zero-order chi connectivity index (χ0) is 13.8. The average molecular weight is 278 g/mol. The van der Waals surface area contributed by atoms with Gasteiger partial charge in [-0.15, -0.1) is 11.8 Å². The molecule has 0 unspecified atom stereocenters. The van der Waals surface area contributed by atoms with E-state index in [2.05, 4.69) is 0 Å². The normalized spacial score (nSPS) is 11.3. The molecular weight excluding hydrogens is 265 g/mol. The zero-order valence-corrected chi connectivity index (χ0v) is 10.5. The van der Waals surface area contributed by atoms with Gasteiger partial charge in [-0.2, -0.15) is 13.2 Å². The number of aryl methyl sites for hydroxylation is 1. The van der Waals surface area contributed by atoms with Crippen molar-refractivity contribution >= 4 is 23.4 Å². The van der Waals surface area contributed by atoms with Crippen molar-refractivity contribution in [2.24, 2.45) is 0 Å². The molecule has 3 N–H and O–H groups in total. The predicted molar refractivity (Wildman–Crippen MR) is 65.4 cm³/mol. The lowest BCUT2D eigenvalue weighted by atomic mass is 10.2. The van der Waals surface area contributed by atoms with Gasteiger partial charge >= 0.3 is 6.18 Å². The molecule has 0 aliphatic heterocycles. The van der Waals surface area contributed by atoms with Gasteiger partial charge in [-0.1, -0.05) is 6.07 Å². The van der Waals surface area contributed by atoms with E-state index >= 15 is 0 Å². The number of carbonyl (C=O) groups excluding carboxylic acids is 1. The van der Waals surface area contributed by atoms with Gasteiger partial charge in [0.2, 0.25) is 5.91 Å². The van der Waals surface area contributed by atoms with Gasteiger partial charge in [0.05, 0.1) is 5.75 Å². The highest BCUT2D eigenvalue weighted by atomic mass is 32.2. The number of halogens is 3. The molecule has 0 saturated heterocycles. The number of rotatable bonds is 4. The molecule has 0 fully saturated rings. The Labute approximate surface area is 107 Å². The second-order valence-electron chi connectivity index (χ2n) is 3.71. The van der Waals surface area contributed by atoms with Crippen LogP contribution in [-0.2, 0) is 4.79 Å². The smallest absolute Gasteiger partial charge is 0.399 e. The number of nitrogens with one attached hydrogen (secondary N) is 1. The highest BCUT2D eigenvalue weighted by Gasteiger charge is 2.27. The number of thioether (sulfide) groups is 1. The minimum Gasteiger partial charge on any atom is -0.399 e. The van der Waals surface area contributed by atoms with Gasteiger partial charge in [0.15, 0.2) is 0 Å². The quantitative estimate of drug-likeness (QED) is 0.656. The van der Waals surface area contributed by atoms with Crippen LogP contribution in [-0.4, -0.2) is 24.4 Å². The molecule has 100 valence electrons. The molecule has 0 radical (unpaired) electrons. The molecule has 1 aromatic rings. The number of carbonyl (C=O) groups is 1. The molecular formula is C11H13F3N2OS. The fourth-order valence-electron chi connectivity index (χ4n) is 1.17. The third-order valence-electron chi connectivity index (χ3n) is 2.06. The van der Waals surface area contributed by atoms with Crippen LogP contribution in [0.5, 0.6) is 0 Å². The van der Waals surface area contributed by atoms with Crippen molar-refractivity contribution in [3.05, 3.63) is 23.8 Å². The number of alkyl halides is 3. The molecule has 0 heterocycles. The summed E-state index contributed by atoms with van der Waals surface area (Å²) in [6.45, 7) is 0.539. The third-order valence-corrected chi connectivity index (χ3v) is 3.21. The van der Waals surface area contributed by atoms with Crippen LogP contribution < -0.4 is 11.1 Å². The van der Waals surface area contributed by atoms with Crippen LogP contribution in [0.1, 0.15) is 5.56 Å². The van der Waals surface area contributed by atoms with Crippen LogP contribution in [0.25, 0.3) is 0 Å². The van der Waals surface area contributed by atoms with Crippen LogP contribution in [0, 0.1) is 6.92 Å². The Morgan fingerprint density at radius 1 is 1.44 bits per heavy atom. The number of benzene rings is 1. The van der Waals surface area contributed by atoms with E-state index in [0.29, 0.717) is 5.69 Å². The van der Waals surface area contributed by atoms with E-state index in [-0.39, 0.29) is 5.75 Å². The van der Waals surface area contributed by atoms with Gasteiger partial charge in [-0.25, -0.2) is 0 Å². The first-order valence-corrected chi connectivity index (χ1v) is 6.09. The average Bonchev–Trinajstić information content (AvgIpc) is 2.26. The maximum Gasteiger partial charge on any atom is 0.405 e. The fraction of sp³-hybridized carbons (Fsp3) is 0.364. The molecule has 0 bridgehead atoms. The van der Waals surface area contributed by atoms with Crippen LogP contribution in [0.2, 0.25) is 0 Å². The maximum absolute atomic E-state index is 11.9. The minimum absolute atomic E-state index is 0.0691. The summed E-state index contributed by atoms with van der Waals surface area (Å²) in [5.41, 5.74) is 7.07. The molecule has 0 aliphatic rings. The van der Waals surface area contributed by atoms with Crippen LogP contribution >= 0.6 is 11.8 Å². The lowest BCUT2D eigenvalue weighted by molar-refractivity contribution is -0.136. The molecule has 18 heavy (non-hydrogen) atoms. The van der Waals surface area contributed by atoms with E-state index in [4.69, 9.17) is 5.73 Å². The maximum atomic E-state index is 11.9. The first-order valence-electron chi connectivity index (χ1n) is 5.10. The molecule has 7 heteroatoms. The van der Waals surface area contributed by atoms with Crippen molar-refractivity contribution in [3.63, 3.8) is 0 Å². The number of nitrogen functional groups attached to an aromatic ring is 1. The summed E-state index contributed by atoms with van der Waals surface area (Å²) in [5, 5.41) is 1.81. The monoisotopic (exact) mass is 278 g/mol. The number of nitrogens with two attached hydrogens (primary N) is 1. The van der Waals surface area contributed by atoms with Gasteiger partial charge in [0.1, 0.15) is 6.54 Å². The molecule has 0 aromatic heterocycles. The van der Waals surface area contributed by atoms with Gasteiger partial charge in [0.25, 0.3) is 0 Å². The standard InChI is InChI=1S/C11H13F3N2OS/c1-7-2-3-8(15)4-9(7)18-5-10(17)16-6-11(12,13)14/h2-4H,5-6,15H2,1H3,(H,16,17). The SMILES string of the molecule is Cc1ccc(N)cc1SCC(=O)NCC(F)(F)F. The summed E-state index contributed by atoms with van der Waals surface area (Å²) >= 11 is 1.16. The molecule has 0 saturated carbocycles. The van der Waals surface area contributed by atoms with E-state index in [0.717, 1.165) is 22.2 Å². The lowest BCUT2D eigenvalue weighted by Gasteiger charge is -2.09. The molecule has 0 aliphatic carbocycles. The predicted octanol–water partition coefficient (Wildman–Crippen LogP) is 2.35. The Kier molecular flexibility index (Phi) is 4.89. The van der Waals surface area contributed by atoms with Crippen molar-refractivity contribution in [1.29, 1.82) is 0 Å². The molecule has 0 atom stereocenters. The molecule has 1 rings (SSSR count). The molecule has 1 amide bonds. The highest BCUT2D eigenvalue weighted by molar-refractivity contribution is 8.00. The lowest BCUT2D eigenvalue weighted by Crippen LogP contribution is -2.34. The number of amides is 1. The second-order valence-corrected chi connectivity index (χ2v) is 4.72. The van der Waals surface area contributed by atoms with Crippen LogP contribution in [0.3, 0.4) is 0 Å². The minimum atomic E-state index is -4.38. The topological polar surface area (TPSA) is 55.1 Å². The Morgan fingerprint density at radius 2 is 2.11 bits per heavy atom. The Balaban J connectivity index is 2.45. The number of hydrogen-bond acceptors (Lipinski definition) is 3. The van der Waals surface area contributed by atoms with E-state index in [9.17, 15) is 18.0 Å². The number of hydrogen-bond donors (Lipinski definition) is 2. The van der Waals surface area contributed by atoms with Crippen molar-refractivity contribution in [2.75, 3.05) is 18.0 Å². The van der Waals surface area contributed by atoms with Crippen molar-refractivity contribution in [3.8, 4) is 0 Å². The highest BCUT2D eigenvalue weighted by Crippen LogP contribution is 2.24. The summed E-state index contributed by atoms with van der Waals surface area (Å²) in [5.74, 6) is -0.723. The van der Waals surface area contributed by atoms with Gasteiger partial charge in [0, 0.05) is 10.6 Å². The van der Waals surface area contributed by atoms with Gasteiger partial charge in [-0.3, -0.25) is 4.79 Å². The van der Waals surface area contributed by atoms with Crippen LogP contribution in [0.4, 0.5) is 18.9 Å².